The Morgan fingerprint density at radius 1 is 1.05 bits per heavy atom. The molecule has 2 heterocycles. The van der Waals surface area contributed by atoms with Crippen LogP contribution in [-0.4, -0.2) is 10.9 Å². The highest BCUT2D eigenvalue weighted by Crippen LogP contribution is 2.35. The van der Waals surface area contributed by atoms with Crippen LogP contribution in [0.1, 0.15) is 11.1 Å². The summed E-state index contributed by atoms with van der Waals surface area (Å²) < 4.78 is 13.7. The maximum absolute atomic E-state index is 13.7. The van der Waals surface area contributed by atoms with Crippen LogP contribution < -0.4 is 5.32 Å². The molecule has 1 amide bonds. The minimum atomic E-state index is -0.414. The molecule has 1 aromatic heterocycles. The molecule has 0 saturated carbocycles. The summed E-state index contributed by atoms with van der Waals surface area (Å²) in [7, 11) is 0. The van der Waals surface area contributed by atoms with E-state index in [1.54, 1.807) is 18.2 Å². The lowest BCUT2D eigenvalue weighted by Gasteiger charge is -1.98. The van der Waals surface area contributed by atoms with Crippen molar-refractivity contribution in [1.82, 2.24) is 4.98 Å². The Morgan fingerprint density at radius 2 is 1.90 bits per heavy atom. The molecule has 0 unspecified atom stereocenters. The quantitative estimate of drug-likeness (QED) is 0.653. The Labute approximate surface area is 120 Å². The normalized spacial score (nSPS) is 15.5. The van der Waals surface area contributed by atoms with Crippen molar-refractivity contribution >= 4 is 34.1 Å². The Bertz CT molecular complexity index is 908. The van der Waals surface area contributed by atoms with E-state index < -0.39 is 5.82 Å². The summed E-state index contributed by atoms with van der Waals surface area (Å²) in [5, 5.41) is 3.61. The molecule has 1 aliphatic rings. The van der Waals surface area contributed by atoms with Crippen molar-refractivity contribution in [2.45, 2.75) is 0 Å². The molecule has 2 aromatic carbocycles. The van der Waals surface area contributed by atoms with Gasteiger partial charge in [-0.05, 0) is 18.2 Å². The fourth-order valence-corrected chi connectivity index (χ4v) is 2.69. The number of nitrogens with one attached hydrogen (secondary N) is 2. The first-order chi connectivity index (χ1) is 10.2. The number of aromatic nitrogens is 1. The number of aromatic amines is 1. The summed E-state index contributed by atoms with van der Waals surface area (Å²) >= 11 is 0. The first kappa shape index (κ1) is 11.9. The van der Waals surface area contributed by atoms with E-state index in [1.807, 2.05) is 30.5 Å². The summed E-state index contributed by atoms with van der Waals surface area (Å²) in [6, 6.07) is 12.5. The Hall–Kier alpha value is -2.88. The number of fused-ring (bicyclic) bond motifs is 2. The zero-order valence-electron chi connectivity index (χ0n) is 11.0. The first-order valence-corrected chi connectivity index (χ1v) is 6.62. The molecule has 2 N–H and O–H groups in total. The van der Waals surface area contributed by atoms with Gasteiger partial charge in [-0.3, -0.25) is 4.79 Å². The van der Waals surface area contributed by atoms with Crippen LogP contribution in [0.25, 0.3) is 22.6 Å². The van der Waals surface area contributed by atoms with Gasteiger partial charge in [0.05, 0.1) is 5.69 Å². The standard InChI is InChI=1S/C17H11FN2O/c18-14-6-3-5-12-13(17(21)20-16(12)14)8-10-9-19-15-7-2-1-4-11(10)15/h1-9,19H,(H,20,21). The first-order valence-electron chi connectivity index (χ1n) is 6.62. The number of para-hydroxylation sites is 2. The predicted molar refractivity (Wildman–Crippen MR) is 81.2 cm³/mol. The maximum atomic E-state index is 13.7. The van der Waals surface area contributed by atoms with Crippen LogP contribution in [0.3, 0.4) is 0 Å². The van der Waals surface area contributed by atoms with Gasteiger partial charge < -0.3 is 10.3 Å². The van der Waals surface area contributed by atoms with Gasteiger partial charge in [0.2, 0.25) is 0 Å². The van der Waals surface area contributed by atoms with Gasteiger partial charge in [0.25, 0.3) is 5.91 Å². The van der Waals surface area contributed by atoms with E-state index in [2.05, 4.69) is 10.3 Å². The lowest BCUT2D eigenvalue weighted by Crippen LogP contribution is -2.04. The van der Waals surface area contributed by atoms with Gasteiger partial charge in [0.1, 0.15) is 5.82 Å². The van der Waals surface area contributed by atoms with Crippen molar-refractivity contribution in [2.75, 3.05) is 5.32 Å². The van der Waals surface area contributed by atoms with Gasteiger partial charge in [-0.2, -0.15) is 0 Å². The molecule has 21 heavy (non-hydrogen) atoms. The second-order valence-corrected chi connectivity index (χ2v) is 4.96. The molecule has 102 valence electrons. The zero-order valence-corrected chi connectivity index (χ0v) is 11.0. The molecule has 0 aliphatic carbocycles. The largest absolute Gasteiger partial charge is 0.361 e. The smallest absolute Gasteiger partial charge is 0.256 e. The van der Waals surface area contributed by atoms with Crippen molar-refractivity contribution in [3.8, 4) is 0 Å². The molecule has 0 spiro atoms. The number of benzene rings is 2. The summed E-state index contributed by atoms with van der Waals surface area (Å²) in [5.74, 6) is -0.691. The highest BCUT2D eigenvalue weighted by atomic mass is 19.1. The van der Waals surface area contributed by atoms with E-state index in [9.17, 15) is 9.18 Å². The molecule has 4 heteroatoms. The molecule has 0 atom stereocenters. The third-order valence-corrected chi connectivity index (χ3v) is 3.71. The number of hydrogen-bond acceptors (Lipinski definition) is 1. The van der Waals surface area contributed by atoms with Gasteiger partial charge in [0, 0.05) is 33.8 Å². The number of halogens is 1. The third kappa shape index (κ3) is 1.76. The number of rotatable bonds is 1. The van der Waals surface area contributed by atoms with Gasteiger partial charge in [0.15, 0.2) is 0 Å². The van der Waals surface area contributed by atoms with Crippen molar-refractivity contribution in [3.05, 3.63) is 65.6 Å². The molecule has 3 aromatic rings. The minimum Gasteiger partial charge on any atom is -0.361 e. The summed E-state index contributed by atoms with van der Waals surface area (Å²) in [5.41, 5.74) is 3.25. The summed E-state index contributed by atoms with van der Waals surface area (Å²) in [6.45, 7) is 0. The number of carbonyl (C=O) groups is 1. The van der Waals surface area contributed by atoms with Crippen LogP contribution >= 0.6 is 0 Å². The SMILES string of the molecule is O=C1Nc2c(F)cccc2C1=Cc1c[nH]c2ccccc12. The average Bonchev–Trinajstić information content (AvgIpc) is 3.04. The Morgan fingerprint density at radius 3 is 2.81 bits per heavy atom. The molecular weight excluding hydrogens is 267 g/mol. The van der Waals surface area contributed by atoms with Gasteiger partial charge in [-0.25, -0.2) is 4.39 Å². The molecule has 0 bridgehead atoms. The van der Waals surface area contributed by atoms with Crippen molar-refractivity contribution in [2.24, 2.45) is 0 Å². The minimum absolute atomic E-state index is 0.258. The highest BCUT2D eigenvalue weighted by Gasteiger charge is 2.26. The monoisotopic (exact) mass is 278 g/mol. The third-order valence-electron chi connectivity index (χ3n) is 3.71. The van der Waals surface area contributed by atoms with Crippen LogP contribution in [0.4, 0.5) is 10.1 Å². The van der Waals surface area contributed by atoms with Crippen molar-refractivity contribution in [1.29, 1.82) is 0 Å². The number of carbonyl (C=O) groups excluding carboxylic acids is 1. The van der Waals surface area contributed by atoms with E-state index in [4.69, 9.17) is 0 Å². The van der Waals surface area contributed by atoms with Crippen LogP contribution in [0.15, 0.2) is 48.7 Å². The summed E-state index contributed by atoms with van der Waals surface area (Å²) in [6.07, 6.45) is 3.64. The number of hydrogen-bond donors (Lipinski definition) is 2. The van der Waals surface area contributed by atoms with E-state index in [-0.39, 0.29) is 11.6 Å². The number of amides is 1. The highest BCUT2D eigenvalue weighted by molar-refractivity contribution is 6.35. The lowest BCUT2D eigenvalue weighted by molar-refractivity contribution is -0.110. The van der Waals surface area contributed by atoms with Crippen LogP contribution in [-0.2, 0) is 4.79 Å². The Kier molecular flexibility index (Phi) is 2.44. The van der Waals surface area contributed by atoms with Gasteiger partial charge in [-0.1, -0.05) is 30.3 Å². The molecule has 0 fully saturated rings. The van der Waals surface area contributed by atoms with E-state index in [0.29, 0.717) is 11.1 Å². The maximum Gasteiger partial charge on any atom is 0.256 e. The van der Waals surface area contributed by atoms with E-state index >= 15 is 0 Å². The molecule has 4 rings (SSSR count). The fraction of sp³-hybridized carbons (Fsp3) is 0. The van der Waals surface area contributed by atoms with Gasteiger partial charge in [-0.15, -0.1) is 0 Å². The van der Waals surface area contributed by atoms with Crippen molar-refractivity contribution in [3.63, 3.8) is 0 Å². The van der Waals surface area contributed by atoms with E-state index in [1.165, 1.54) is 6.07 Å². The Balaban J connectivity index is 1.91. The lowest BCUT2D eigenvalue weighted by atomic mass is 10.0. The molecule has 0 radical (unpaired) electrons. The average molecular weight is 278 g/mol. The second-order valence-electron chi connectivity index (χ2n) is 4.96. The molecule has 0 saturated heterocycles. The van der Waals surface area contributed by atoms with Crippen molar-refractivity contribution < 1.29 is 9.18 Å². The molecule has 1 aliphatic heterocycles. The van der Waals surface area contributed by atoms with Crippen LogP contribution in [0, 0.1) is 5.82 Å². The van der Waals surface area contributed by atoms with E-state index in [0.717, 1.165) is 16.5 Å². The fourth-order valence-electron chi connectivity index (χ4n) is 2.69. The molecule has 3 nitrogen and oxygen atoms in total. The number of anilines is 1. The van der Waals surface area contributed by atoms with Crippen LogP contribution in [0.5, 0.6) is 0 Å². The van der Waals surface area contributed by atoms with Gasteiger partial charge >= 0.3 is 0 Å². The molecular formula is C17H11FN2O. The number of H-pyrrole nitrogens is 1. The van der Waals surface area contributed by atoms with Crippen LogP contribution in [0.2, 0.25) is 0 Å². The summed E-state index contributed by atoms with van der Waals surface area (Å²) in [4.78, 5) is 15.3. The second kappa shape index (κ2) is 4.31. The predicted octanol–water partition coefficient (Wildman–Crippen LogP) is 3.80. The zero-order chi connectivity index (χ0) is 14.4. The topological polar surface area (TPSA) is 44.9 Å².